The first-order valence-corrected chi connectivity index (χ1v) is 11.6. The molecule has 2 aromatic rings. The van der Waals surface area contributed by atoms with E-state index in [2.05, 4.69) is 35.5 Å². The van der Waals surface area contributed by atoms with Crippen LogP contribution in [0.5, 0.6) is 5.75 Å². The van der Waals surface area contributed by atoms with Gasteiger partial charge in [-0.25, -0.2) is 4.98 Å². The third kappa shape index (κ3) is 4.38. The Labute approximate surface area is 189 Å². The van der Waals surface area contributed by atoms with E-state index in [1.54, 1.807) is 7.11 Å². The molecule has 1 amide bonds. The lowest BCUT2D eigenvalue weighted by atomic mass is 9.89. The molecule has 0 spiro atoms. The van der Waals surface area contributed by atoms with Crippen molar-refractivity contribution in [2.45, 2.75) is 58.9 Å². The molecule has 0 radical (unpaired) electrons. The number of hydrogen-bond donors (Lipinski definition) is 0. The van der Waals surface area contributed by atoms with Crippen LogP contribution in [0.25, 0.3) is 0 Å². The van der Waals surface area contributed by atoms with Crippen molar-refractivity contribution in [3.8, 4) is 5.75 Å². The van der Waals surface area contributed by atoms with Crippen LogP contribution in [0.2, 0.25) is 0 Å². The molecule has 1 saturated heterocycles. The zero-order valence-electron chi connectivity index (χ0n) is 19.5. The van der Waals surface area contributed by atoms with Crippen LogP contribution in [-0.2, 0) is 22.5 Å². The molecular weight excluding hydrogens is 406 g/mol. The van der Waals surface area contributed by atoms with Gasteiger partial charge in [-0.05, 0) is 56.7 Å². The molecule has 7 heteroatoms. The minimum atomic E-state index is -0.146. The second-order valence-electron chi connectivity index (χ2n) is 8.94. The van der Waals surface area contributed by atoms with Crippen LogP contribution < -0.4 is 4.74 Å². The highest BCUT2D eigenvalue weighted by Gasteiger charge is 2.31. The van der Waals surface area contributed by atoms with E-state index < -0.39 is 0 Å². The fourth-order valence-electron chi connectivity index (χ4n) is 5.10. The fraction of sp³-hybridized carbons (Fsp3) is 0.560. The SMILES string of the molecule is CCOC(=O)C1CCN(C(=O)c2cn3c(n2)CC[C@@H](c2cc(C)c(OC)c(C)c2)C3)CC1. The first-order chi connectivity index (χ1) is 15.4. The molecule has 0 N–H and O–H groups in total. The highest BCUT2D eigenvalue weighted by atomic mass is 16.5. The van der Waals surface area contributed by atoms with Gasteiger partial charge in [0.2, 0.25) is 0 Å². The van der Waals surface area contributed by atoms with Gasteiger partial charge in [-0.3, -0.25) is 9.59 Å². The molecule has 4 rings (SSSR count). The van der Waals surface area contributed by atoms with E-state index >= 15 is 0 Å². The number of imidazole rings is 1. The number of piperidine rings is 1. The number of aromatic nitrogens is 2. The maximum absolute atomic E-state index is 13.1. The van der Waals surface area contributed by atoms with Gasteiger partial charge < -0.3 is 18.9 Å². The molecule has 1 atom stereocenters. The minimum absolute atomic E-state index is 0.0399. The number of fused-ring (bicyclic) bond motifs is 1. The van der Waals surface area contributed by atoms with E-state index in [-0.39, 0.29) is 17.8 Å². The molecule has 1 fully saturated rings. The van der Waals surface area contributed by atoms with Crippen molar-refractivity contribution in [3.05, 3.63) is 46.5 Å². The van der Waals surface area contributed by atoms with E-state index in [4.69, 9.17) is 9.47 Å². The Hall–Kier alpha value is -2.83. The lowest BCUT2D eigenvalue weighted by molar-refractivity contribution is -0.149. The number of benzene rings is 1. The molecule has 2 aliphatic heterocycles. The number of aryl methyl sites for hydroxylation is 3. The van der Waals surface area contributed by atoms with Gasteiger partial charge in [-0.15, -0.1) is 0 Å². The van der Waals surface area contributed by atoms with Gasteiger partial charge in [0.1, 0.15) is 17.3 Å². The molecule has 172 valence electrons. The highest BCUT2D eigenvalue weighted by Crippen LogP contribution is 2.33. The second kappa shape index (κ2) is 9.35. The predicted molar refractivity (Wildman–Crippen MR) is 121 cm³/mol. The zero-order valence-corrected chi connectivity index (χ0v) is 19.5. The van der Waals surface area contributed by atoms with Crippen LogP contribution in [0.1, 0.15) is 65.1 Å². The number of amides is 1. The summed E-state index contributed by atoms with van der Waals surface area (Å²) in [5.41, 5.74) is 4.13. The molecule has 0 aliphatic carbocycles. The largest absolute Gasteiger partial charge is 0.496 e. The molecule has 1 aromatic heterocycles. The van der Waals surface area contributed by atoms with E-state index in [0.29, 0.717) is 44.1 Å². The Morgan fingerprint density at radius 3 is 2.44 bits per heavy atom. The monoisotopic (exact) mass is 439 g/mol. The highest BCUT2D eigenvalue weighted by molar-refractivity contribution is 5.92. The summed E-state index contributed by atoms with van der Waals surface area (Å²) in [7, 11) is 1.71. The van der Waals surface area contributed by atoms with Crippen LogP contribution in [0, 0.1) is 19.8 Å². The summed E-state index contributed by atoms with van der Waals surface area (Å²) in [5, 5.41) is 0. The van der Waals surface area contributed by atoms with Crippen molar-refractivity contribution in [3.63, 3.8) is 0 Å². The number of likely N-dealkylation sites (tertiary alicyclic amines) is 1. The second-order valence-corrected chi connectivity index (χ2v) is 8.94. The standard InChI is InChI=1S/C25H33N3O4/c1-5-32-25(30)18-8-10-27(11-9-18)24(29)21-15-28-14-19(6-7-22(28)26-21)20-12-16(2)23(31-4)17(3)13-20/h12-13,15,18-19H,5-11,14H2,1-4H3/t19-/m1/s1. The summed E-state index contributed by atoms with van der Waals surface area (Å²) in [6.07, 6.45) is 5.07. The molecule has 0 bridgehead atoms. The summed E-state index contributed by atoms with van der Waals surface area (Å²) < 4.78 is 12.8. The van der Waals surface area contributed by atoms with Crippen LogP contribution in [-0.4, -0.2) is 53.1 Å². The van der Waals surface area contributed by atoms with E-state index in [9.17, 15) is 9.59 Å². The van der Waals surface area contributed by atoms with Gasteiger partial charge in [-0.2, -0.15) is 0 Å². The summed E-state index contributed by atoms with van der Waals surface area (Å²) >= 11 is 0. The number of nitrogens with zero attached hydrogens (tertiary/aromatic N) is 3. The average molecular weight is 440 g/mol. The quantitative estimate of drug-likeness (QED) is 0.665. The molecule has 7 nitrogen and oxygen atoms in total. The summed E-state index contributed by atoms with van der Waals surface area (Å²) in [6, 6.07) is 4.44. The Bertz CT molecular complexity index is 982. The van der Waals surface area contributed by atoms with Crippen molar-refractivity contribution in [2.75, 3.05) is 26.8 Å². The summed E-state index contributed by atoms with van der Waals surface area (Å²) in [6.45, 7) is 8.35. The smallest absolute Gasteiger partial charge is 0.309 e. The normalized spacial score (nSPS) is 18.9. The van der Waals surface area contributed by atoms with Crippen molar-refractivity contribution < 1.29 is 19.1 Å². The number of methoxy groups -OCH3 is 1. The number of ether oxygens (including phenoxy) is 2. The third-order valence-corrected chi connectivity index (χ3v) is 6.77. The molecule has 1 aromatic carbocycles. The predicted octanol–water partition coefficient (Wildman–Crippen LogP) is 3.65. The number of hydrogen-bond acceptors (Lipinski definition) is 5. The van der Waals surface area contributed by atoms with Gasteiger partial charge in [0.05, 0.1) is 19.6 Å². The maximum atomic E-state index is 13.1. The van der Waals surface area contributed by atoms with Crippen molar-refractivity contribution in [2.24, 2.45) is 5.92 Å². The van der Waals surface area contributed by atoms with Gasteiger partial charge in [0.25, 0.3) is 5.91 Å². The van der Waals surface area contributed by atoms with Crippen LogP contribution in [0.15, 0.2) is 18.3 Å². The molecule has 0 saturated carbocycles. The third-order valence-electron chi connectivity index (χ3n) is 6.77. The average Bonchev–Trinajstić information content (AvgIpc) is 3.22. The van der Waals surface area contributed by atoms with Crippen molar-refractivity contribution in [1.29, 1.82) is 0 Å². The van der Waals surface area contributed by atoms with Gasteiger partial charge in [0.15, 0.2) is 0 Å². The Morgan fingerprint density at radius 2 is 1.81 bits per heavy atom. The van der Waals surface area contributed by atoms with Crippen LogP contribution in [0.4, 0.5) is 0 Å². The summed E-state index contributed by atoms with van der Waals surface area (Å²) in [5.74, 6) is 2.03. The Kier molecular flexibility index (Phi) is 6.53. The fourth-order valence-corrected chi connectivity index (χ4v) is 5.10. The first kappa shape index (κ1) is 22.4. The number of carbonyl (C=O) groups is 2. The summed E-state index contributed by atoms with van der Waals surface area (Å²) in [4.78, 5) is 31.5. The lowest BCUT2D eigenvalue weighted by Gasteiger charge is -2.30. The van der Waals surface area contributed by atoms with Crippen molar-refractivity contribution in [1.82, 2.24) is 14.5 Å². The molecular formula is C25H33N3O4. The Balaban J connectivity index is 1.43. The minimum Gasteiger partial charge on any atom is -0.496 e. The van der Waals surface area contributed by atoms with Crippen LogP contribution in [0.3, 0.4) is 0 Å². The number of carbonyl (C=O) groups excluding carboxylic acids is 2. The van der Waals surface area contributed by atoms with E-state index in [0.717, 1.165) is 42.1 Å². The van der Waals surface area contributed by atoms with Crippen molar-refractivity contribution >= 4 is 11.9 Å². The van der Waals surface area contributed by atoms with E-state index in [1.165, 1.54) is 5.56 Å². The van der Waals surface area contributed by atoms with Gasteiger partial charge >= 0.3 is 5.97 Å². The first-order valence-electron chi connectivity index (χ1n) is 11.6. The van der Waals surface area contributed by atoms with Crippen LogP contribution >= 0.6 is 0 Å². The maximum Gasteiger partial charge on any atom is 0.309 e. The molecule has 3 heterocycles. The van der Waals surface area contributed by atoms with Gasteiger partial charge in [-0.1, -0.05) is 12.1 Å². The zero-order chi connectivity index (χ0) is 22.8. The Morgan fingerprint density at radius 1 is 1.12 bits per heavy atom. The topological polar surface area (TPSA) is 73.7 Å². The number of esters is 1. The number of rotatable bonds is 5. The molecule has 32 heavy (non-hydrogen) atoms. The van der Waals surface area contributed by atoms with E-state index in [1.807, 2.05) is 18.0 Å². The molecule has 0 unspecified atom stereocenters. The van der Waals surface area contributed by atoms with Gasteiger partial charge in [0, 0.05) is 38.2 Å². The molecule has 2 aliphatic rings. The lowest BCUT2D eigenvalue weighted by Crippen LogP contribution is -2.40.